The lowest BCUT2D eigenvalue weighted by atomic mass is 10.1. The second-order valence-electron chi connectivity index (χ2n) is 4.66. The Labute approximate surface area is 128 Å². The van der Waals surface area contributed by atoms with Crippen molar-refractivity contribution < 1.29 is 9.90 Å². The van der Waals surface area contributed by atoms with E-state index in [1.165, 1.54) is 11.0 Å². The first-order chi connectivity index (χ1) is 10.1. The molecule has 5 heteroatoms. The Bertz CT molecular complexity index is 617. The molecule has 0 spiro atoms. The highest BCUT2D eigenvalue weighted by Gasteiger charge is 2.13. The molecule has 110 valence electrons. The Hall–Kier alpha value is -2.14. The number of rotatable bonds is 6. The standard InChI is InChI=1S/C16H18N2O2S/c1-18(9-10-21-13-5-3-2-4-6-13)15-8-7-12(17)11-14(15)16(19)20/h2-8,11H,9-10,17H2,1H3,(H,19,20). The first-order valence-electron chi connectivity index (χ1n) is 6.59. The maximum absolute atomic E-state index is 11.3. The molecule has 0 aliphatic rings. The number of carboxylic acids is 1. The fourth-order valence-electron chi connectivity index (χ4n) is 2.00. The first-order valence-corrected chi connectivity index (χ1v) is 7.58. The highest BCUT2D eigenvalue weighted by atomic mass is 32.2. The Kier molecular flexibility index (Phi) is 5.11. The molecule has 2 aromatic carbocycles. The maximum atomic E-state index is 11.3. The average molecular weight is 302 g/mol. The van der Waals surface area contributed by atoms with Crippen molar-refractivity contribution in [3.05, 3.63) is 54.1 Å². The third-order valence-electron chi connectivity index (χ3n) is 3.10. The number of hydrogen-bond acceptors (Lipinski definition) is 4. The van der Waals surface area contributed by atoms with Crippen molar-refractivity contribution in [1.82, 2.24) is 0 Å². The summed E-state index contributed by atoms with van der Waals surface area (Å²) in [7, 11) is 1.89. The number of carboxylic acid groups (broad SMARTS) is 1. The summed E-state index contributed by atoms with van der Waals surface area (Å²) in [5.74, 6) is -0.0795. The Morgan fingerprint density at radius 2 is 1.95 bits per heavy atom. The molecule has 4 nitrogen and oxygen atoms in total. The molecule has 0 saturated carbocycles. The molecule has 0 fully saturated rings. The van der Waals surface area contributed by atoms with Crippen LogP contribution >= 0.6 is 11.8 Å². The van der Waals surface area contributed by atoms with E-state index in [-0.39, 0.29) is 5.56 Å². The van der Waals surface area contributed by atoms with Crippen LogP contribution in [0.1, 0.15) is 10.4 Å². The van der Waals surface area contributed by atoms with Gasteiger partial charge in [-0.25, -0.2) is 4.79 Å². The zero-order chi connectivity index (χ0) is 15.2. The van der Waals surface area contributed by atoms with E-state index < -0.39 is 5.97 Å². The van der Waals surface area contributed by atoms with Crippen LogP contribution in [0.15, 0.2) is 53.4 Å². The number of hydrogen-bond donors (Lipinski definition) is 2. The first kappa shape index (κ1) is 15.3. The number of anilines is 2. The molecule has 21 heavy (non-hydrogen) atoms. The van der Waals surface area contributed by atoms with Crippen molar-refractivity contribution in [3.8, 4) is 0 Å². The summed E-state index contributed by atoms with van der Waals surface area (Å²) < 4.78 is 0. The lowest BCUT2D eigenvalue weighted by molar-refractivity contribution is 0.0697. The molecule has 0 heterocycles. The van der Waals surface area contributed by atoms with Crippen LogP contribution in [-0.4, -0.2) is 30.4 Å². The van der Waals surface area contributed by atoms with Gasteiger partial charge in [0.15, 0.2) is 0 Å². The van der Waals surface area contributed by atoms with Crippen molar-refractivity contribution in [2.24, 2.45) is 0 Å². The van der Waals surface area contributed by atoms with Crippen molar-refractivity contribution in [1.29, 1.82) is 0 Å². The number of benzene rings is 2. The minimum Gasteiger partial charge on any atom is -0.478 e. The molecule has 0 unspecified atom stereocenters. The molecular formula is C16H18N2O2S. The van der Waals surface area contributed by atoms with E-state index in [2.05, 4.69) is 12.1 Å². The molecule has 0 aliphatic heterocycles. The Morgan fingerprint density at radius 3 is 2.62 bits per heavy atom. The number of aromatic carboxylic acids is 1. The van der Waals surface area contributed by atoms with E-state index in [0.717, 1.165) is 12.3 Å². The Morgan fingerprint density at radius 1 is 1.24 bits per heavy atom. The smallest absolute Gasteiger partial charge is 0.337 e. The van der Waals surface area contributed by atoms with E-state index in [1.807, 2.05) is 30.1 Å². The van der Waals surface area contributed by atoms with E-state index in [0.29, 0.717) is 11.4 Å². The highest BCUT2D eigenvalue weighted by molar-refractivity contribution is 7.99. The molecule has 2 aromatic rings. The minimum absolute atomic E-state index is 0.238. The zero-order valence-corrected chi connectivity index (χ0v) is 12.6. The maximum Gasteiger partial charge on any atom is 0.337 e. The number of carbonyl (C=O) groups is 1. The van der Waals surface area contributed by atoms with Crippen molar-refractivity contribution in [3.63, 3.8) is 0 Å². The molecule has 0 amide bonds. The molecule has 0 aromatic heterocycles. The molecule has 3 N–H and O–H groups in total. The van der Waals surface area contributed by atoms with E-state index in [9.17, 15) is 9.90 Å². The van der Waals surface area contributed by atoms with Crippen molar-refractivity contribution in [2.75, 3.05) is 30.0 Å². The fraction of sp³-hybridized carbons (Fsp3) is 0.188. The van der Waals surface area contributed by atoms with Crippen LogP contribution < -0.4 is 10.6 Å². The van der Waals surface area contributed by atoms with Gasteiger partial charge in [-0.05, 0) is 30.3 Å². The SMILES string of the molecule is CN(CCSc1ccccc1)c1ccc(N)cc1C(=O)O. The van der Waals surface area contributed by atoms with Gasteiger partial charge in [-0.3, -0.25) is 0 Å². The predicted octanol–water partition coefficient (Wildman–Crippen LogP) is 3.20. The summed E-state index contributed by atoms with van der Waals surface area (Å²) >= 11 is 1.75. The monoisotopic (exact) mass is 302 g/mol. The third-order valence-corrected chi connectivity index (χ3v) is 4.09. The van der Waals surface area contributed by atoms with E-state index >= 15 is 0 Å². The summed E-state index contributed by atoms with van der Waals surface area (Å²) in [4.78, 5) is 14.4. The number of nitrogen functional groups attached to an aromatic ring is 1. The molecule has 0 aliphatic carbocycles. The molecule has 0 atom stereocenters. The van der Waals surface area contributed by atoms with Gasteiger partial charge in [0, 0.05) is 29.9 Å². The molecule has 0 radical (unpaired) electrons. The predicted molar refractivity (Wildman–Crippen MR) is 88.2 cm³/mol. The lowest BCUT2D eigenvalue weighted by Crippen LogP contribution is -2.22. The number of thioether (sulfide) groups is 1. The topological polar surface area (TPSA) is 66.6 Å². The summed E-state index contributed by atoms with van der Waals surface area (Å²) in [6.45, 7) is 0.754. The second kappa shape index (κ2) is 7.04. The van der Waals surface area contributed by atoms with Crippen molar-refractivity contribution in [2.45, 2.75) is 4.90 Å². The molecule has 0 saturated heterocycles. The highest BCUT2D eigenvalue weighted by Crippen LogP contribution is 2.23. The van der Waals surface area contributed by atoms with Gasteiger partial charge in [-0.1, -0.05) is 18.2 Å². The summed E-state index contributed by atoms with van der Waals surface area (Å²) in [6.07, 6.45) is 0. The number of nitrogens with two attached hydrogens (primary N) is 1. The summed E-state index contributed by atoms with van der Waals surface area (Å²) in [5.41, 5.74) is 7.04. The average Bonchev–Trinajstić information content (AvgIpc) is 2.48. The van der Waals surface area contributed by atoms with Gasteiger partial charge in [0.1, 0.15) is 0 Å². The Balaban J connectivity index is 2.00. The molecule has 0 bridgehead atoms. The van der Waals surface area contributed by atoms with Gasteiger partial charge < -0.3 is 15.7 Å². The summed E-state index contributed by atoms with van der Waals surface area (Å²) in [6, 6.07) is 15.1. The zero-order valence-electron chi connectivity index (χ0n) is 11.8. The fourth-order valence-corrected chi connectivity index (χ4v) is 2.95. The van der Waals surface area contributed by atoms with Gasteiger partial charge >= 0.3 is 5.97 Å². The summed E-state index contributed by atoms with van der Waals surface area (Å²) in [5, 5.41) is 9.25. The van der Waals surface area contributed by atoms with Gasteiger partial charge in [0.2, 0.25) is 0 Å². The van der Waals surface area contributed by atoms with Gasteiger partial charge in [0.05, 0.1) is 11.3 Å². The van der Waals surface area contributed by atoms with Crippen LogP contribution in [0.25, 0.3) is 0 Å². The van der Waals surface area contributed by atoms with Crippen LogP contribution in [0, 0.1) is 0 Å². The largest absolute Gasteiger partial charge is 0.478 e. The quantitative estimate of drug-likeness (QED) is 0.633. The third kappa shape index (κ3) is 4.16. The van der Waals surface area contributed by atoms with Crippen LogP contribution in [0.3, 0.4) is 0 Å². The normalized spacial score (nSPS) is 10.3. The molecular weight excluding hydrogens is 284 g/mol. The molecule has 2 rings (SSSR count). The number of nitrogens with zero attached hydrogens (tertiary/aromatic N) is 1. The van der Waals surface area contributed by atoms with Crippen LogP contribution in [0.4, 0.5) is 11.4 Å². The lowest BCUT2D eigenvalue weighted by Gasteiger charge is -2.21. The second-order valence-corrected chi connectivity index (χ2v) is 5.83. The minimum atomic E-state index is -0.958. The van der Waals surface area contributed by atoms with E-state index in [1.54, 1.807) is 23.9 Å². The van der Waals surface area contributed by atoms with Crippen molar-refractivity contribution >= 4 is 29.1 Å². The van der Waals surface area contributed by atoms with Gasteiger partial charge in [-0.2, -0.15) is 0 Å². The van der Waals surface area contributed by atoms with Crippen LogP contribution in [0.5, 0.6) is 0 Å². The van der Waals surface area contributed by atoms with E-state index in [4.69, 9.17) is 5.73 Å². The van der Waals surface area contributed by atoms with Gasteiger partial charge in [0.25, 0.3) is 0 Å². The van der Waals surface area contributed by atoms with Crippen LogP contribution in [0.2, 0.25) is 0 Å². The van der Waals surface area contributed by atoms with Crippen LogP contribution in [-0.2, 0) is 0 Å². The van der Waals surface area contributed by atoms with Gasteiger partial charge in [-0.15, -0.1) is 11.8 Å².